The van der Waals surface area contributed by atoms with Gasteiger partial charge in [-0.15, -0.1) is 0 Å². The molecule has 0 saturated carbocycles. The van der Waals surface area contributed by atoms with Crippen LogP contribution in [-0.2, 0) is 0 Å². The van der Waals surface area contributed by atoms with Gasteiger partial charge in [-0.25, -0.2) is 9.18 Å². The largest absolute Gasteiger partial charge is 0.417 e. The molecule has 1 amide bonds. The number of ether oxygens (including phenoxy) is 1. The summed E-state index contributed by atoms with van der Waals surface area (Å²) < 4.78 is 18.8. The van der Waals surface area contributed by atoms with Crippen molar-refractivity contribution in [2.75, 3.05) is 11.9 Å². The van der Waals surface area contributed by atoms with Gasteiger partial charge in [-0.3, -0.25) is 5.32 Å². The minimum atomic E-state index is -0.693. The molecule has 4 nitrogen and oxygen atoms in total. The summed E-state index contributed by atoms with van der Waals surface area (Å²) in [5.74, 6) is 5.03. The molecule has 0 aromatic heterocycles. The Hall–Kier alpha value is -2.84. The molecule has 0 bridgehead atoms. The summed E-state index contributed by atoms with van der Waals surface area (Å²) in [6.45, 7) is 0.156. The molecule has 0 fully saturated rings. The average molecular weight is 284 g/mol. The topological polar surface area (TPSA) is 64.3 Å². The number of carbonyl (C=O) groups is 1. The van der Waals surface area contributed by atoms with Gasteiger partial charge < -0.3 is 10.5 Å². The summed E-state index contributed by atoms with van der Waals surface area (Å²) in [7, 11) is 0. The number of amides is 1. The Labute approximate surface area is 121 Å². The lowest BCUT2D eigenvalue weighted by atomic mass is 10.2. The molecule has 0 aliphatic rings. The van der Waals surface area contributed by atoms with Crippen molar-refractivity contribution in [2.24, 2.45) is 5.73 Å². The lowest BCUT2D eigenvalue weighted by Gasteiger charge is -2.07. The fraction of sp³-hybridized carbons (Fsp3) is 0.0625. The Morgan fingerprint density at radius 3 is 2.67 bits per heavy atom. The van der Waals surface area contributed by atoms with Crippen molar-refractivity contribution < 1.29 is 13.9 Å². The van der Waals surface area contributed by atoms with Crippen LogP contribution >= 0.6 is 0 Å². The maximum absolute atomic E-state index is 13.7. The molecular formula is C16H13FN2O2. The number of para-hydroxylation sites is 1. The Kier molecular flexibility index (Phi) is 4.91. The molecule has 2 aromatic carbocycles. The molecule has 0 saturated heterocycles. The van der Waals surface area contributed by atoms with E-state index in [1.54, 1.807) is 30.3 Å². The molecule has 0 aliphatic carbocycles. The number of nitrogens with two attached hydrogens (primary N) is 1. The molecule has 2 rings (SSSR count). The van der Waals surface area contributed by atoms with Crippen molar-refractivity contribution in [1.29, 1.82) is 0 Å². The fourth-order valence-corrected chi connectivity index (χ4v) is 1.58. The Morgan fingerprint density at radius 1 is 1.24 bits per heavy atom. The first-order valence-electron chi connectivity index (χ1n) is 6.21. The Balaban J connectivity index is 2.03. The standard InChI is InChI=1S/C16H13FN2O2/c17-15-11-13(9-8-12(15)5-4-10-18)19-16(20)21-14-6-2-1-3-7-14/h1-3,6-9,11H,10,18H2,(H,19,20). The zero-order valence-corrected chi connectivity index (χ0v) is 11.1. The van der Waals surface area contributed by atoms with Crippen molar-refractivity contribution in [3.63, 3.8) is 0 Å². The van der Waals surface area contributed by atoms with Crippen LogP contribution < -0.4 is 15.8 Å². The minimum Gasteiger partial charge on any atom is -0.410 e. The molecule has 0 unspecified atom stereocenters. The van der Waals surface area contributed by atoms with E-state index in [1.165, 1.54) is 18.2 Å². The van der Waals surface area contributed by atoms with Crippen molar-refractivity contribution in [3.05, 3.63) is 59.9 Å². The number of benzene rings is 2. The van der Waals surface area contributed by atoms with Crippen LogP contribution in [0.1, 0.15) is 5.56 Å². The van der Waals surface area contributed by atoms with E-state index < -0.39 is 11.9 Å². The molecule has 3 N–H and O–H groups in total. The number of anilines is 1. The third-order valence-electron chi connectivity index (χ3n) is 2.49. The molecule has 0 radical (unpaired) electrons. The minimum absolute atomic E-state index is 0.156. The first kappa shape index (κ1) is 14.6. The molecule has 106 valence electrons. The van der Waals surface area contributed by atoms with Gasteiger partial charge in [0, 0.05) is 5.69 Å². The highest BCUT2D eigenvalue weighted by Crippen LogP contribution is 2.15. The quantitative estimate of drug-likeness (QED) is 0.833. The molecule has 0 aliphatic heterocycles. The van der Waals surface area contributed by atoms with E-state index in [9.17, 15) is 9.18 Å². The van der Waals surface area contributed by atoms with Crippen molar-refractivity contribution in [3.8, 4) is 17.6 Å². The molecule has 2 aromatic rings. The first-order chi connectivity index (χ1) is 10.2. The van der Waals surface area contributed by atoms with Gasteiger partial charge >= 0.3 is 6.09 Å². The first-order valence-corrected chi connectivity index (χ1v) is 6.21. The third kappa shape index (κ3) is 4.34. The molecule has 0 atom stereocenters. The second-order valence-electron chi connectivity index (χ2n) is 4.03. The maximum atomic E-state index is 13.7. The van der Waals surface area contributed by atoms with Gasteiger partial charge in [0.05, 0.1) is 12.1 Å². The van der Waals surface area contributed by atoms with Crippen LogP contribution in [-0.4, -0.2) is 12.6 Å². The van der Waals surface area contributed by atoms with E-state index >= 15 is 0 Å². The van der Waals surface area contributed by atoms with Crippen LogP contribution in [0.5, 0.6) is 5.75 Å². The second-order valence-corrected chi connectivity index (χ2v) is 4.03. The smallest absolute Gasteiger partial charge is 0.410 e. The van der Waals surface area contributed by atoms with E-state index in [1.807, 2.05) is 0 Å². The van der Waals surface area contributed by atoms with Crippen LogP contribution in [0.4, 0.5) is 14.9 Å². The van der Waals surface area contributed by atoms with Crippen LogP contribution in [0, 0.1) is 17.7 Å². The highest BCUT2D eigenvalue weighted by Gasteiger charge is 2.07. The lowest BCUT2D eigenvalue weighted by Crippen LogP contribution is -2.16. The molecular weight excluding hydrogens is 271 g/mol. The van der Waals surface area contributed by atoms with Gasteiger partial charge in [0.2, 0.25) is 0 Å². The van der Waals surface area contributed by atoms with Crippen LogP contribution in [0.2, 0.25) is 0 Å². The van der Waals surface area contributed by atoms with E-state index in [0.29, 0.717) is 5.75 Å². The zero-order valence-electron chi connectivity index (χ0n) is 11.1. The van der Waals surface area contributed by atoms with Gasteiger partial charge in [0.15, 0.2) is 0 Å². The van der Waals surface area contributed by atoms with Gasteiger partial charge in [0.1, 0.15) is 11.6 Å². The summed E-state index contributed by atoms with van der Waals surface area (Å²) in [5, 5.41) is 2.44. The lowest BCUT2D eigenvalue weighted by molar-refractivity contribution is 0.215. The molecule has 0 heterocycles. The number of halogens is 1. The second kappa shape index (κ2) is 7.08. The van der Waals surface area contributed by atoms with Crippen molar-refractivity contribution in [2.45, 2.75) is 0 Å². The summed E-state index contributed by atoms with van der Waals surface area (Å²) in [6.07, 6.45) is -0.693. The van der Waals surface area contributed by atoms with E-state index in [2.05, 4.69) is 17.2 Å². The van der Waals surface area contributed by atoms with Gasteiger partial charge in [0.25, 0.3) is 0 Å². The predicted octanol–water partition coefficient (Wildman–Crippen LogP) is 2.75. The van der Waals surface area contributed by atoms with E-state index in [-0.39, 0.29) is 17.8 Å². The zero-order chi connectivity index (χ0) is 15.1. The van der Waals surface area contributed by atoms with E-state index in [4.69, 9.17) is 10.5 Å². The molecule has 0 spiro atoms. The Bertz CT molecular complexity index is 690. The number of rotatable bonds is 2. The summed E-state index contributed by atoms with van der Waals surface area (Å²) in [6, 6.07) is 12.8. The highest BCUT2D eigenvalue weighted by atomic mass is 19.1. The number of carbonyl (C=O) groups excluding carboxylic acids is 1. The SMILES string of the molecule is NCC#Cc1ccc(NC(=O)Oc2ccccc2)cc1F. The van der Waals surface area contributed by atoms with Crippen LogP contribution in [0.25, 0.3) is 0 Å². The monoisotopic (exact) mass is 284 g/mol. The third-order valence-corrected chi connectivity index (χ3v) is 2.49. The number of hydrogen-bond acceptors (Lipinski definition) is 3. The number of nitrogens with one attached hydrogen (secondary N) is 1. The Morgan fingerprint density at radius 2 is 2.00 bits per heavy atom. The maximum Gasteiger partial charge on any atom is 0.417 e. The fourth-order valence-electron chi connectivity index (χ4n) is 1.58. The van der Waals surface area contributed by atoms with Crippen LogP contribution in [0.15, 0.2) is 48.5 Å². The summed E-state index contributed by atoms with van der Waals surface area (Å²) in [4.78, 5) is 11.6. The number of hydrogen-bond donors (Lipinski definition) is 2. The normalized spacial score (nSPS) is 9.43. The molecule has 5 heteroatoms. The summed E-state index contributed by atoms with van der Waals surface area (Å²) in [5.41, 5.74) is 5.73. The van der Waals surface area contributed by atoms with Gasteiger partial charge in [-0.05, 0) is 30.3 Å². The van der Waals surface area contributed by atoms with Gasteiger partial charge in [-0.1, -0.05) is 30.0 Å². The summed E-state index contributed by atoms with van der Waals surface area (Å²) >= 11 is 0. The predicted molar refractivity (Wildman–Crippen MR) is 78.4 cm³/mol. The average Bonchev–Trinajstić information content (AvgIpc) is 2.47. The van der Waals surface area contributed by atoms with Crippen LogP contribution in [0.3, 0.4) is 0 Å². The van der Waals surface area contributed by atoms with E-state index in [0.717, 1.165) is 0 Å². The molecule has 21 heavy (non-hydrogen) atoms. The van der Waals surface area contributed by atoms with Crippen molar-refractivity contribution in [1.82, 2.24) is 0 Å². The highest BCUT2D eigenvalue weighted by molar-refractivity contribution is 5.86. The van der Waals surface area contributed by atoms with Gasteiger partial charge in [-0.2, -0.15) is 0 Å². The van der Waals surface area contributed by atoms with Crippen molar-refractivity contribution >= 4 is 11.8 Å².